The molecule has 0 fully saturated rings. The van der Waals surface area contributed by atoms with Gasteiger partial charge < -0.3 is 10.1 Å². The summed E-state index contributed by atoms with van der Waals surface area (Å²) in [4.78, 5) is 12.3. The van der Waals surface area contributed by atoms with Crippen LogP contribution < -0.4 is 15.4 Å². The van der Waals surface area contributed by atoms with Crippen LogP contribution in [0.2, 0.25) is 10.0 Å². The molecule has 1 amide bonds. The van der Waals surface area contributed by atoms with E-state index < -0.39 is 5.91 Å². The van der Waals surface area contributed by atoms with Crippen molar-refractivity contribution in [2.75, 3.05) is 12.4 Å². The van der Waals surface area contributed by atoms with Gasteiger partial charge in [-0.3, -0.25) is 10.1 Å². The summed E-state index contributed by atoms with van der Waals surface area (Å²) in [6.07, 6.45) is 0. The Labute approximate surface area is 157 Å². The molecule has 0 atom stereocenters. The molecule has 2 aromatic carbocycles. The van der Waals surface area contributed by atoms with Crippen LogP contribution in [0.4, 0.5) is 5.69 Å². The standard InChI is InChI=1S/C15H11BrCl2N2O2S/c1-22-12-6-5-8(16)7-9(12)14(21)20-15(23)19-13-10(17)3-2-4-11(13)18/h2-7H,1H3,(H2,19,20,21,23). The Morgan fingerprint density at radius 1 is 1.22 bits per heavy atom. The molecule has 0 spiro atoms. The smallest absolute Gasteiger partial charge is 0.261 e. The first-order chi connectivity index (χ1) is 10.9. The lowest BCUT2D eigenvalue weighted by Crippen LogP contribution is -2.34. The molecule has 2 aromatic rings. The predicted octanol–water partition coefficient (Wildman–Crippen LogP) is 4.89. The fraction of sp³-hybridized carbons (Fsp3) is 0.0667. The third-order valence-electron chi connectivity index (χ3n) is 2.83. The topological polar surface area (TPSA) is 50.4 Å². The molecule has 0 radical (unpaired) electrons. The minimum Gasteiger partial charge on any atom is -0.496 e. The molecule has 0 aromatic heterocycles. The average Bonchev–Trinajstić information content (AvgIpc) is 2.51. The van der Waals surface area contributed by atoms with Crippen molar-refractivity contribution in [2.45, 2.75) is 0 Å². The molecule has 23 heavy (non-hydrogen) atoms. The summed E-state index contributed by atoms with van der Waals surface area (Å²) in [5.41, 5.74) is 0.777. The van der Waals surface area contributed by atoms with Gasteiger partial charge >= 0.3 is 0 Å². The fourth-order valence-corrected chi connectivity index (χ4v) is 2.84. The highest BCUT2D eigenvalue weighted by molar-refractivity contribution is 9.10. The van der Waals surface area contributed by atoms with Crippen molar-refractivity contribution in [3.63, 3.8) is 0 Å². The molecule has 0 heterocycles. The zero-order chi connectivity index (χ0) is 17.0. The van der Waals surface area contributed by atoms with Gasteiger partial charge in [-0.2, -0.15) is 0 Å². The van der Waals surface area contributed by atoms with Crippen LogP contribution in [0.25, 0.3) is 0 Å². The first-order valence-corrected chi connectivity index (χ1v) is 8.28. The fourth-order valence-electron chi connectivity index (χ4n) is 1.79. The molecule has 0 aliphatic carbocycles. The molecule has 4 nitrogen and oxygen atoms in total. The second kappa shape index (κ2) is 7.97. The van der Waals surface area contributed by atoms with Crippen LogP contribution in [0.5, 0.6) is 5.75 Å². The largest absolute Gasteiger partial charge is 0.496 e. The predicted molar refractivity (Wildman–Crippen MR) is 101 cm³/mol. The highest BCUT2D eigenvalue weighted by Crippen LogP contribution is 2.29. The van der Waals surface area contributed by atoms with Crippen molar-refractivity contribution in [1.82, 2.24) is 5.32 Å². The number of amides is 1. The summed E-state index contributed by atoms with van der Waals surface area (Å²) in [6.45, 7) is 0. The maximum atomic E-state index is 12.3. The minimum atomic E-state index is -0.413. The van der Waals surface area contributed by atoms with E-state index in [1.54, 1.807) is 36.4 Å². The van der Waals surface area contributed by atoms with E-state index in [4.69, 9.17) is 40.2 Å². The number of para-hydroxylation sites is 1. The van der Waals surface area contributed by atoms with Gasteiger partial charge in [0, 0.05) is 4.47 Å². The lowest BCUT2D eigenvalue weighted by atomic mass is 10.2. The van der Waals surface area contributed by atoms with E-state index in [1.165, 1.54) is 7.11 Å². The lowest BCUT2D eigenvalue weighted by Gasteiger charge is -2.13. The molecule has 0 saturated carbocycles. The molecule has 120 valence electrons. The van der Waals surface area contributed by atoms with E-state index in [0.717, 1.165) is 4.47 Å². The van der Waals surface area contributed by atoms with E-state index in [2.05, 4.69) is 26.6 Å². The van der Waals surface area contributed by atoms with Crippen LogP contribution in [0, 0.1) is 0 Å². The van der Waals surface area contributed by atoms with Gasteiger partial charge in [0.1, 0.15) is 5.75 Å². The number of hydrogen-bond acceptors (Lipinski definition) is 3. The molecular formula is C15H11BrCl2N2O2S. The molecule has 0 unspecified atom stereocenters. The monoisotopic (exact) mass is 432 g/mol. The number of carbonyl (C=O) groups excluding carboxylic acids is 1. The number of hydrogen-bond donors (Lipinski definition) is 2. The number of nitrogens with one attached hydrogen (secondary N) is 2. The second-order valence-corrected chi connectivity index (χ2v) is 6.49. The molecule has 2 N–H and O–H groups in total. The molecule has 0 saturated heterocycles. The van der Waals surface area contributed by atoms with Crippen molar-refractivity contribution in [3.8, 4) is 5.75 Å². The van der Waals surface area contributed by atoms with Crippen molar-refractivity contribution in [1.29, 1.82) is 0 Å². The third kappa shape index (κ3) is 4.57. The summed E-state index contributed by atoms with van der Waals surface area (Å²) < 4.78 is 5.92. The summed E-state index contributed by atoms with van der Waals surface area (Å²) in [7, 11) is 1.49. The van der Waals surface area contributed by atoms with Gasteiger partial charge in [0.05, 0.1) is 28.4 Å². The minimum absolute atomic E-state index is 0.0760. The Bertz CT molecular complexity index is 751. The Balaban J connectivity index is 2.14. The van der Waals surface area contributed by atoms with Gasteiger partial charge in [0.25, 0.3) is 5.91 Å². The summed E-state index contributed by atoms with van der Waals surface area (Å²) in [5.74, 6) is 0.0214. The van der Waals surface area contributed by atoms with Gasteiger partial charge in [-0.15, -0.1) is 0 Å². The zero-order valence-electron chi connectivity index (χ0n) is 11.8. The first-order valence-electron chi connectivity index (χ1n) is 6.32. The van der Waals surface area contributed by atoms with Crippen molar-refractivity contribution < 1.29 is 9.53 Å². The quantitative estimate of drug-likeness (QED) is 0.676. The van der Waals surface area contributed by atoms with E-state index in [9.17, 15) is 4.79 Å². The van der Waals surface area contributed by atoms with Crippen molar-refractivity contribution in [2.24, 2.45) is 0 Å². The molecule has 8 heteroatoms. The van der Waals surface area contributed by atoms with Gasteiger partial charge in [0.15, 0.2) is 5.11 Å². The van der Waals surface area contributed by atoms with E-state index in [-0.39, 0.29) is 5.11 Å². The number of thiocarbonyl (C=S) groups is 1. The van der Waals surface area contributed by atoms with Crippen LogP contribution in [-0.2, 0) is 0 Å². The number of ether oxygens (including phenoxy) is 1. The summed E-state index contributed by atoms with van der Waals surface area (Å²) >= 11 is 20.5. The Hall–Kier alpha value is -1.34. The van der Waals surface area contributed by atoms with Crippen LogP contribution in [0.15, 0.2) is 40.9 Å². The molecule has 2 rings (SSSR count). The normalized spacial score (nSPS) is 10.1. The van der Waals surface area contributed by atoms with Crippen LogP contribution >= 0.6 is 51.3 Å². The molecule has 0 bridgehead atoms. The second-order valence-electron chi connectivity index (χ2n) is 4.35. The number of halogens is 3. The van der Waals surface area contributed by atoms with Crippen LogP contribution in [0.1, 0.15) is 10.4 Å². The lowest BCUT2D eigenvalue weighted by molar-refractivity contribution is 0.0974. The van der Waals surface area contributed by atoms with E-state index in [0.29, 0.717) is 27.0 Å². The zero-order valence-corrected chi connectivity index (χ0v) is 15.7. The Kier molecular flexibility index (Phi) is 6.24. The first kappa shape index (κ1) is 18.0. The summed E-state index contributed by atoms with van der Waals surface area (Å²) in [6, 6.07) is 10.1. The highest BCUT2D eigenvalue weighted by Gasteiger charge is 2.15. The van der Waals surface area contributed by atoms with Gasteiger partial charge in [-0.1, -0.05) is 45.2 Å². The van der Waals surface area contributed by atoms with Gasteiger partial charge in [-0.05, 0) is 42.5 Å². The van der Waals surface area contributed by atoms with Gasteiger partial charge in [0.2, 0.25) is 0 Å². The maximum Gasteiger partial charge on any atom is 0.261 e. The maximum absolute atomic E-state index is 12.3. The summed E-state index contributed by atoms with van der Waals surface area (Å²) in [5, 5.41) is 6.25. The Morgan fingerprint density at radius 2 is 1.87 bits per heavy atom. The third-order valence-corrected chi connectivity index (χ3v) is 4.16. The van der Waals surface area contributed by atoms with Crippen molar-refractivity contribution in [3.05, 3.63) is 56.5 Å². The highest BCUT2D eigenvalue weighted by atomic mass is 79.9. The number of carbonyl (C=O) groups is 1. The molecule has 0 aliphatic heterocycles. The number of benzene rings is 2. The van der Waals surface area contributed by atoms with Crippen LogP contribution in [0.3, 0.4) is 0 Å². The SMILES string of the molecule is COc1ccc(Br)cc1C(=O)NC(=S)Nc1c(Cl)cccc1Cl. The van der Waals surface area contributed by atoms with E-state index in [1.807, 2.05) is 0 Å². The average molecular weight is 434 g/mol. The molecular weight excluding hydrogens is 423 g/mol. The van der Waals surface area contributed by atoms with Crippen LogP contribution in [-0.4, -0.2) is 18.1 Å². The van der Waals surface area contributed by atoms with Gasteiger partial charge in [-0.25, -0.2) is 0 Å². The number of methoxy groups -OCH3 is 1. The van der Waals surface area contributed by atoms with Crippen molar-refractivity contribution >= 4 is 68.1 Å². The number of rotatable bonds is 3. The molecule has 0 aliphatic rings. The van der Waals surface area contributed by atoms with E-state index >= 15 is 0 Å². The Morgan fingerprint density at radius 3 is 2.48 bits per heavy atom. The number of anilines is 1.